The molecular formula is C16H20N4O. The number of nitrogen functional groups attached to an aromatic ring is 1. The van der Waals surface area contributed by atoms with E-state index in [1.165, 1.54) is 0 Å². The van der Waals surface area contributed by atoms with Crippen LogP contribution in [0.5, 0.6) is 0 Å². The van der Waals surface area contributed by atoms with E-state index in [1.807, 2.05) is 36.4 Å². The number of anilines is 2. The van der Waals surface area contributed by atoms with E-state index in [0.29, 0.717) is 17.7 Å². The van der Waals surface area contributed by atoms with Crippen LogP contribution in [-0.2, 0) is 4.74 Å². The molecule has 2 N–H and O–H groups in total. The third-order valence-electron chi connectivity index (χ3n) is 3.86. The smallest absolute Gasteiger partial charge is 0.163 e. The standard InChI is InChI=1S/C16H20N4O/c1-21-13-7-9-20(10-8-13)15-11-14(17)18-16(19-15)12-5-3-2-4-6-12/h2-6,11,13H,7-10H2,1H3,(H2,17,18,19). The molecule has 0 bridgehead atoms. The quantitative estimate of drug-likeness (QED) is 0.937. The van der Waals surface area contributed by atoms with Crippen molar-refractivity contribution in [1.82, 2.24) is 9.97 Å². The highest BCUT2D eigenvalue weighted by atomic mass is 16.5. The summed E-state index contributed by atoms with van der Waals surface area (Å²) in [7, 11) is 1.77. The van der Waals surface area contributed by atoms with E-state index in [-0.39, 0.29) is 0 Å². The van der Waals surface area contributed by atoms with Crippen LogP contribution in [0.3, 0.4) is 0 Å². The Morgan fingerprint density at radius 2 is 1.86 bits per heavy atom. The van der Waals surface area contributed by atoms with Crippen molar-refractivity contribution < 1.29 is 4.74 Å². The zero-order valence-electron chi connectivity index (χ0n) is 12.2. The molecule has 0 radical (unpaired) electrons. The lowest BCUT2D eigenvalue weighted by atomic mass is 10.1. The molecule has 0 spiro atoms. The fourth-order valence-electron chi connectivity index (χ4n) is 2.65. The molecule has 0 unspecified atom stereocenters. The van der Waals surface area contributed by atoms with Crippen LogP contribution in [0.4, 0.5) is 11.6 Å². The molecule has 110 valence electrons. The lowest BCUT2D eigenvalue weighted by Gasteiger charge is -2.32. The van der Waals surface area contributed by atoms with Gasteiger partial charge in [0.05, 0.1) is 6.10 Å². The van der Waals surface area contributed by atoms with Crippen molar-refractivity contribution in [2.75, 3.05) is 30.8 Å². The molecule has 5 nitrogen and oxygen atoms in total. The molecule has 2 heterocycles. The highest BCUT2D eigenvalue weighted by Gasteiger charge is 2.20. The average molecular weight is 284 g/mol. The Morgan fingerprint density at radius 1 is 1.14 bits per heavy atom. The Kier molecular flexibility index (Phi) is 4.01. The van der Waals surface area contributed by atoms with Gasteiger partial charge in [0.25, 0.3) is 0 Å². The molecule has 1 aromatic heterocycles. The summed E-state index contributed by atoms with van der Waals surface area (Å²) in [6.45, 7) is 1.87. The maximum Gasteiger partial charge on any atom is 0.163 e. The fraction of sp³-hybridized carbons (Fsp3) is 0.375. The highest BCUT2D eigenvalue weighted by Crippen LogP contribution is 2.24. The maximum absolute atomic E-state index is 5.95. The van der Waals surface area contributed by atoms with Gasteiger partial charge < -0.3 is 15.4 Å². The van der Waals surface area contributed by atoms with E-state index in [2.05, 4.69) is 14.9 Å². The summed E-state index contributed by atoms with van der Waals surface area (Å²) in [4.78, 5) is 11.3. The zero-order valence-corrected chi connectivity index (χ0v) is 12.2. The summed E-state index contributed by atoms with van der Waals surface area (Å²) < 4.78 is 5.41. The number of nitrogens with zero attached hydrogens (tertiary/aromatic N) is 3. The summed E-state index contributed by atoms with van der Waals surface area (Å²) in [6, 6.07) is 11.8. The van der Waals surface area contributed by atoms with Gasteiger partial charge in [-0.25, -0.2) is 9.97 Å². The molecular weight excluding hydrogens is 264 g/mol. The van der Waals surface area contributed by atoms with E-state index in [4.69, 9.17) is 10.5 Å². The Bertz CT molecular complexity index is 594. The number of methoxy groups -OCH3 is 1. The van der Waals surface area contributed by atoms with Crippen molar-refractivity contribution in [2.24, 2.45) is 0 Å². The minimum Gasteiger partial charge on any atom is -0.384 e. The number of benzene rings is 1. The van der Waals surface area contributed by atoms with Crippen molar-refractivity contribution in [2.45, 2.75) is 18.9 Å². The van der Waals surface area contributed by atoms with Gasteiger partial charge in [-0.15, -0.1) is 0 Å². The zero-order chi connectivity index (χ0) is 14.7. The third-order valence-corrected chi connectivity index (χ3v) is 3.86. The van der Waals surface area contributed by atoms with Gasteiger partial charge in [-0.2, -0.15) is 0 Å². The number of nitrogens with two attached hydrogens (primary N) is 1. The van der Waals surface area contributed by atoms with E-state index < -0.39 is 0 Å². The number of hydrogen-bond donors (Lipinski definition) is 1. The summed E-state index contributed by atoms with van der Waals surface area (Å²) >= 11 is 0. The molecule has 0 atom stereocenters. The van der Waals surface area contributed by atoms with Gasteiger partial charge in [-0.3, -0.25) is 0 Å². The van der Waals surface area contributed by atoms with E-state index in [0.717, 1.165) is 37.3 Å². The summed E-state index contributed by atoms with van der Waals surface area (Å²) in [5, 5.41) is 0. The first-order valence-electron chi connectivity index (χ1n) is 7.24. The molecule has 0 saturated carbocycles. The van der Waals surface area contributed by atoms with Gasteiger partial charge in [0, 0.05) is 31.8 Å². The molecule has 3 rings (SSSR count). The Balaban J connectivity index is 1.85. The molecule has 21 heavy (non-hydrogen) atoms. The molecule has 1 aliphatic rings. The van der Waals surface area contributed by atoms with Crippen molar-refractivity contribution >= 4 is 11.6 Å². The molecule has 1 aliphatic heterocycles. The first-order valence-corrected chi connectivity index (χ1v) is 7.24. The molecule has 2 aromatic rings. The van der Waals surface area contributed by atoms with Gasteiger partial charge in [0.1, 0.15) is 11.6 Å². The number of ether oxygens (including phenoxy) is 1. The van der Waals surface area contributed by atoms with Crippen molar-refractivity contribution in [3.8, 4) is 11.4 Å². The Morgan fingerprint density at radius 3 is 2.52 bits per heavy atom. The van der Waals surface area contributed by atoms with Crippen LogP contribution in [0.2, 0.25) is 0 Å². The SMILES string of the molecule is COC1CCN(c2cc(N)nc(-c3ccccc3)n2)CC1. The molecule has 1 fully saturated rings. The first kappa shape index (κ1) is 13.8. The predicted octanol–water partition coefficient (Wildman–Crippen LogP) is 2.34. The van der Waals surface area contributed by atoms with Crippen molar-refractivity contribution in [3.63, 3.8) is 0 Å². The number of piperidine rings is 1. The second-order valence-corrected chi connectivity index (χ2v) is 5.26. The molecule has 1 aromatic carbocycles. The van der Waals surface area contributed by atoms with Gasteiger partial charge in [-0.1, -0.05) is 30.3 Å². The number of aromatic nitrogens is 2. The summed E-state index contributed by atoms with van der Waals surface area (Å²) in [5.41, 5.74) is 6.94. The number of hydrogen-bond acceptors (Lipinski definition) is 5. The Labute approximate surface area is 124 Å². The monoisotopic (exact) mass is 284 g/mol. The predicted molar refractivity (Wildman–Crippen MR) is 84.1 cm³/mol. The van der Waals surface area contributed by atoms with Crippen LogP contribution < -0.4 is 10.6 Å². The molecule has 0 aliphatic carbocycles. The van der Waals surface area contributed by atoms with Crippen LogP contribution in [0.15, 0.2) is 36.4 Å². The van der Waals surface area contributed by atoms with E-state index >= 15 is 0 Å². The summed E-state index contributed by atoms with van der Waals surface area (Å²) in [5.74, 6) is 2.09. The first-order chi connectivity index (χ1) is 10.3. The second-order valence-electron chi connectivity index (χ2n) is 5.26. The van der Waals surface area contributed by atoms with Crippen LogP contribution >= 0.6 is 0 Å². The lowest BCUT2D eigenvalue weighted by molar-refractivity contribution is 0.0818. The minimum atomic E-state index is 0.356. The Hall–Kier alpha value is -2.14. The minimum absolute atomic E-state index is 0.356. The third kappa shape index (κ3) is 3.13. The van der Waals surface area contributed by atoms with Crippen LogP contribution in [-0.4, -0.2) is 36.3 Å². The van der Waals surface area contributed by atoms with Gasteiger partial charge in [0.2, 0.25) is 0 Å². The maximum atomic E-state index is 5.95. The van der Waals surface area contributed by atoms with Gasteiger partial charge in [-0.05, 0) is 12.8 Å². The van der Waals surface area contributed by atoms with Crippen molar-refractivity contribution in [3.05, 3.63) is 36.4 Å². The van der Waals surface area contributed by atoms with Gasteiger partial charge in [0.15, 0.2) is 5.82 Å². The second kappa shape index (κ2) is 6.10. The van der Waals surface area contributed by atoms with E-state index in [1.54, 1.807) is 7.11 Å². The highest BCUT2D eigenvalue weighted by molar-refractivity contribution is 5.60. The fourth-order valence-corrected chi connectivity index (χ4v) is 2.65. The van der Waals surface area contributed by atoms with Gasteiger partial charge >= 0.3 is 0 Å². The molecule has 1 saturated heterocycles. The largest absolute Gasteiger partial charge is 0.384 e. The topological polar surface area (TPSA) is 64.3 Å². The number of rotatable bonds is 3. The molecule has 5 heteroatoms. The molecule has 0 amide bonds. The normalized spacial score (nSPS) is 16.1. The van der Waals surface area contributed by atoms with Crippen molar-refractivity contribution in [1.29, 1.82) is 0 Å². The van der Waals surface area contributed by atoms with Crippen LogP contribution in [0.25, 0.3) is 11.4 Å². The summed E-state index contributed by atoms with van der Waals surface area (Å²) in [6.07, 6.45) is 2.39. The lowest BCUT2D eigenvalue weighted by Crippen LogP contribution is -2.37. The van der Waals surface area contributed by atoms with E-state index in [9.17, 15) is 0 Å². The van der Waals surface area contributed by atoms with Crippen LogP contribution in [0.1, 0.15) is 12.8 Å². The van der Waals surface area contributed by atoms with Crippen LogP contribution in [0, 0.1) is 0 Å². The average Bonchev–Trinajstić information content (AvgIpc) is 2.55.